The summed E-state index contributed by atoms with van der Waals surface area (Å²) in [6.45, 7) is 0.784. The van der Waals surface area contributed by atoms with Crippen molar-refractivity contribution in [2.75, 3.05) is 19.8 Å². The summed E-state index contributed by atoms with van der Waals surface area (Å²) in [5, 5.41) is 59.7. The van der Waals surface area contributed by atoms with Crippen molar-refractivity contribution in [1.82, 2.24) is 0 Å². The third-order valence-corrected chi connectivity index (χ3v) is 5.83. The fraction of sp³-hybridized carbons (Fsp3) is 0.545. The summed E-state index contributed by atoms with van der Waals surface area (Å²) in [6, 6.07) is 3.94. The van der Waals surface area contributed by atoms with Gasteiger partial charge in [0.15, 0.2) is 17.8 Å². The van der Waals surface area contributed by atoms with Crippen LogP contribution in [0.1, 0.15) is 18.9 Å². The average molecular weight is 484 g/mol. The van der Waals surface area contributed by atoms with Gasteiger partial charge in [0.1, 0.15) is 43.2 Å². The summed E-state index contributed by atoms with van der Waals surface area (Å²) in [4.78, 5) is 23.3. The number of rotatable bonds is 8. The van der Waals surface area contributed by atoms with Crippen molar-refractivity contribution >= 4 is 18.0 Å². The third-order valence-electron chi connectivity index (χ3n) is 5.83. The van der Waals surface area contributed by atoms with Gasteiger partial charge in [0, 0.05) is 12.0 Å². The lowest BCUT2D eigenvalue weighted by molar-refractivity contribution is -0.305. The van der Waals surface area contributed by atoms with Crippen molar-refractivity contribution in [3.05, 3.63) is 29.8 Å². The molecule has 0 aliphatic carbocycles. The number of aromatic hydroxyl groups is 2. The number of phenols is 2. The van der Waals surface area contributed by atoms with Crippen molar-refractivity contribution in [3.63, 3.8) is 0 Å². The van der Waals surface area contributed by atoms with Gasteiger partial charge in [-0.1, -0.05) is 13.0 Å². The van der Waals surface area contributed by atoms with Crippen molar-refractivity contribution in [3.8, 4) is 11.5 Å². The van der Waals surface area contributed by atoms with Gasteiger partial charge in [0.2, 0.25) is 0 Å². The molecule has 188 valence electrons. The van der Waals surface area contributed by atoms with Crippen molar-refractivity contribution < 1.29 is 59.2 Å². The van der Waals surface area contributed by atoms with Gasteiger partial charge in [-0.05, 0) is 23.8 Å². The Hall–Kier alpha value is -2.74. The number of cyclic esters (lactones) is 1. The Morgan fingerprint density at radius 3 is 2.59 bits per heavy atom. The number of carbonyl (C=O) groups is 2. The summed E-state index contributed by atoms with van der Waals surface area (Å²) in [5.41, 5.74) is -1.02. The maximum absolute atomic E-state index is 12.0. The van der Waals surface area contributed by atoms with Gasteiger partial charge in [-0.25, -0.2) is 4.79 Å². The quantitative estimate of drug-likeness (QED) is 0.147. The number of benzene rings is 1. The zero-order valence-corrected chi connectivity index (χ0v) is 18.3. The maximum atomic E-state index is 12.0. The predicted octanol–water partition coefficient (Wildman–Crippen LogP) is -1.21. The second kappa shape index (κ2) is 10.7. The van der Waals surface area contributed by atoms with E-state index in [2.05, 4.69) is 0 Å². The number of aliphatic hydroxyl groups is 4. The van der Waals surface area contributed by atoms with E-state index < -0.39 is 60.8 Å². The standard InChI is InChI=1S/C22H28O12/c1-11(22(30)7-17(26)33-10-22)8-32-21-20(29)19(28)18(27)15(34-21)9-31-16(25)5-3-12-2-4-13(23)14(24)6-12/h2-6,11,15,18-21,23-24,27-30H,7-10H2,1H3/b5-3+/t11-,15+,18+,19-,20+,21+,22+/m0/s1. The SMILES string of the molecule is C[C@@H](CO[C@@H]1O[C@H](COC(=O)/C=C/c2ccc(O)c(O)c2)[C@@H](O)[C@H](O)[C@H]1O)[C@]1(O)COC(=O)C1. The number of aliphatic hydroxyl groups excluding tert-OH is 3. The molecule has 2 aliphatic heterocycles. The minimum atomic E-state index is -1.66. The van der Waals surface area contributed by atoms with E-state index in [1.807, 2.05) is 0 Å². The zero-order chi connectivity index (χ0) is 25.0. The molecule has 2 aliphatic rings. The summed E-state index contributed by atoms with van der Waals surface area (Å²) in [7, 11) is 0. The summed E-state index contributed by atoms with van der Waals surface area (Å²) >= 11 is 0. The van der Waals surface area contributed by atoms with Crippen molar-refractivity contribution in [2.24, 2.45) is 5.92 Å². The highest BCUT2D eigenvalue weighted by Gasteiger charge is 2.47. The van der Waals surface area contributed by atoms with Crippen LogP contribution in [0.15, 0.2) is 24.3 Å². The summed E-state index contributed by atoms with van der Waals surface area (Å²) in [6.07, 6.45) is -5.32. The van der Waals surface area contributed by atoms with Crippen molar-refractivity contribution in [2.45, 2.75) is 49.7 Å². The monoisotopic (exact) mass is 484 g/mol. The van der Waals surface area contributed by atoms with E-state index in [0.717, 1.165) is 6.08 Å². The van der Waals surface area contributed by atoms with Crippen LogP contribution < -0.4 is 0 Å². The molecule has 0 bridgehead atoms. The van der Waals surface area contributed by atoms with E-state index in [4.69, 9.17) is 18.9 Å². The third kappa shape index (κ3) is 6.03. The van der Waals surface area contributed by atoms with Gasteiger partial charge in [0.25, 0.3) is 0 Å². The van der Waals surface area contributed by atoms with Crippen molar-refractivity contribution in [1.29, 1.82) is 0 Å². The minimum Gasteiger partial charge on any atom is -0.504 e. The normalized spacial score (nSPS) is 32.5. The molecule has 12 nitrogen and oxygen atoms in total. The molecule has 12 heteroatoms. The van der Waals surface area contributed by atoms with E-state index >= 15 is 0 Å². The van der Waals surface area contributed by atoms with Crippen LogP contribution in [0.5, 0.6) is 11.5 Å². The molecule has 2 fully saturated rings. The lowest BCUT2D eigenvalue weighted by atomic mass is 9.88. The summed E-state index contributed by atoms with van der Waals surface area (Å²) < 4.78 is 20.8. The zero-order valence-electron chi connectivity index (χ0n) is 18.3. The molecular weight excluding hydrogens is 456 g/mol. The smallest absolute Gasteiger partial charge is 0.330 e. The Labute approximate surface area is 194 Å². The molecule has 34 heavy (non-hydrogen) atoms. The Bertz CT molecular complexity index is 917. The van der Waals surface area contributed by atoms with Crippen LogP contribution in [0.25, 0.3) is 6.08 Å². The molecule has 0 radical (unpaired) electrons. The van der Waals surface area contributed by atoms with Crippen LogP contribution in [0.4, 0.5) is 0 Å². The number of phenolic OH excluding ortho intramolecular Hbond substituents is 2. The molecule has 0 aromatic heterocycles. The lowest BCUT2D eigenvalue weighted by Crippen LogP contribution is -2.59. The van der Waals surface area contributed by atoms with Gasteiger partial charge >= 0.3 is 11.9 Å². The number of esters is 2. The van der Waals surface area contributed by atoms with E-state index in [1.54, 1.807) is 6.92 Å². The molecule has 0 spiro atoms. The Balaban J connectivity index is 1.53. The Kier molecular flexibility index (Phi) is 8.13. The maximum Gasteiger partial charge on any atom is 0.330 e. The van der Waals surface area contributed by atoms with Crippen LogP contribution in [-0.2, 0) is 28.5 Å². The predicted molar refractivity (Wildman–Crippen MR) is 112 cm³/mol. The highest BCUT2D eigenvalue weighted by molar-refractivity contribution is 5.87. The first kappa shape index (κ1) is 25.9. The molecule has 0 amide bonds. The van der Waals surface area contributed by atoms with Crippen LogP contribution in [-0.4, -0.2) is 98.7 Å². The van der Waals surface area contributed by atoms with E-state index in [-0.39, 0.29) is 31.1 Å². The van der Waals surface area contributed by atoms with Crippen LogP contribution in [0.3, 0.4) is 0 Å². The molecule has 6 N–H and O–H groups in total. The Morgan fingerprint density at radius 1 is 1.21 bits per heavy atom. The fourth-order valence-corrected chi connectivity index (χ4v) is 3.48. The molecule has 0 saturated carbocycles. The minimum absolute atomic E-state index is 0.160. The first-order valence-corrected chi connectivity index (χ1v) is 10.6. The number of hydrogen-bond donors (Lipinski definition) is 6. The average Bonchev–Trinajstić information content (AvgIpc) is 3.16. The van der Waals surface area contributed by atoms with Crippen LogP contribution >= 0.6 is 0 Å². The molecule has 0 unspecified atom stereocenters. The van der Waals surface area contributed by atoms with Gasteiger partial charge in [0.05, 0.1) is 13.0 Å². The molecular formula is C22H28O12. The molecule has 1 aromatic carbocycles. The van der Waals surface area contributed by atoms with E-state index in [1.165, 1.54) is 24.3 Å². The highest BCUT2D eigenvalue weighted by Crippen LogP contribution is 2.30. The largest absolute Gasteiger partial charge is 0.504 e. The molecule has 2 heterocycles. The van der Waals surface area contributed by atoms with Crippen LogP contribution in [0, 0.1) is 5.92 Å². The van der Waals surface area contributed by atoms with Crippen LogP contribution in [0.2, 0.25) is 0 Å². The van der Waals surface area contributed by atoms with Gasteiger partial charge in [-0.3, -0.25) is 4.79 Å². The fourth-order valence-electron chi connectivity index (χ4n) is 3.48. The molecule has 3 rings (SSSR count). The topological polar surface area (TPSA) is 192 Å². The lowest BCUT2D eigenvalue weighted by Gasteiger charge is -2.40. The summed E-state index contributed by atoms with van der Waals surface area (Å²) in [5.74, 6) is -2.61. The van der Waals surface area contributed by atoms with Gasteiger partial charge in [-0.2, -0.15) is 0 Å². The number of carbonyl (C=O) groups excluding carboxylic acids is 2. The second-order valence-electron chi connectivity index (χ2n) is 8.40. The van der Waals surface area contributed by atoms with Gasteiger partial charge in [-0.15, -0.1) is 0 Å². The first-order chi connectivity index (χ1) is 16.0. The molecule has 2 saturated heterocycles. The number of hydrogen-bond acceptors (Lipinski definition) is 12. The highest BCUT2D eigenvalue weighted by atomic mass is 16.7. The molecule has 1 aromatic rings. The Morgan fingerprint density at radius 2 is 1.94 bits per heavy atom. The number of ether oxygens (including phenoxy) is 4. The van der Waals surface area contributed by atoms with E-state index in [0.29, 0.717) is 5.56 Å². The van der Waals surface area contributed by atoms with E-state index in [9.17, 15) is 40.2 Å². The molecule has 7 atom stereocenters. The first-order valence-electron chi connectivity index (χ1n) is 10.6. The van der Waals surface area contributed by atoms with Gasteiger partial charge < -0.3 is 49.6 Å². The second-order valence-corrected chi connectivity index (χ2v) is 8.40.